The Bertz CT molecular complexity index is 485. The van der Waals surface area contributed by atoms with E-state index in [-0.39, 0.29) is 11.2 Å². The quantitative estimate of drug-likeness (QED) is 0.822. The standard InChI is InChI=1S/C14H23O4P/c1-6-10(2)11-7-8-13(18-19(15,16)17)12(9-11)14(3,4)5/h7-10H,6H2,1-5H3,(H2,15,16,17). The van der Waals surface area contributed by atoms with E-state index in [0.717, 1.165) is 17.5 Å². The minimum Gasteiger partial charge on any atom is -0.404 e. The van der Waals surface area contributed by atoms with Gasteiger partial charge in [0, 0.05) is 5.56 Å². The van der Waals surface area contributed by atoms with Crippen molar-refractivity contribution in [3.05, 3.63) is 29.3 Å². The lowest BCUT2D eigenvalue weighted by molar-refractivity contribution is 0.281. The van der Waals surface area contributed by atoms with Gasteiger partial charge in [0.2, 0.25) is 0 Å². The Morgan fingerprint density at radius 2 is 1.89 bits per heavy atom. The molecule has 0 aromatic heterocycles. The monoisotopic (exact) mass is 286 g/mol. The normalized spacial score (nSPS) is 14.3. The molecule has 0 saturated heterocycles. The first-order chi connectivity index (χ1) is 8.54. The lowest BCUT2D eigenvalue weighted by Gasteiger charge is -2.24. The lowest BCUT2D eigenvalue weighted by Crippen LogP contribution is -2.14. The van der Waals surface area contributed by atoms with Gasteiger partial charge in [-0.25, -0.2) is 4.57 Å². The van der Waals surface area contributed by atoms with E-state index < -0.39 is 7.82 Å². The molecule has 4 nitrogen and oxygen atoms in total. The van der Waals surface area contributed by atoms with Crippen LogP contribution < -0.4 is 4.52 Å². The van der Waals surface area contributed by atoms with E-state index in [1.54, 1.807) is 6.07 Å². The van der Waals surface area contributed by atoms with Gasteiger partial charge < -0.3 is 4.52 Å². The average Bonchev–Trinajstić information content (AvgIpc) is 2.25. The average molecular weight is 286 g/mol. The summed E-state index contributed by atoms with van der Waals surface area (Å²) in [7, 11) is -4.53. The molecule has 0 heterocycles. The van der Waals surface area contributed by atoms with Crippen LogP contribution in [0.15, 0.2) is 18.2 Å². The van der Waals surface area contributed by atoms with Crippen molar-refractivity contribution in [2.45, 2.75) is 52.4 Å². The minimum absolute atomic E-state index is 0.242. The molecule has 0 spiro atoms. The van der Waals surface area contributed by atoms with Gasteiger partial charge in [0.1, 0.15) is 5.75 Å². The third kappa shape index (κ3) is 4.64. The Morgan fingerprint density at radius 3 is 2.32 bits per heavy atom. The Morgan fingerprint density at radius 1 is 1.32 bits per heavy atom. The van der Waals surface area contributed by atoms with Crippen molar-refractivity contribution < 1.29 is 18.9 Å². The summed E-state index contributed by atoms with van der Waals surface area (Å²) in [6, 6.07) is 5.51. The third-order valence-corrected chi connectivity index (χ3v) is 3.64. The van der Waals surface area contributed by atoms with Crippen LogP contribution in [0.25, 0.3) is 0 Å². The second-order valence-corrected chi connectivity index (χ2v) is 7.06. The first-order valence-corrected chi connectivity index (χ1v) is 7.97. The van der Waals surface area contributed by atoms with Crippen LogP contribution in [-0.4, -0.2) is 9.79 Å². The van der Waals surface area contributed by atoms with E-state index in [9.17, 15) is 4.57 Å². The number of phosphoric ester groups is 1. The van der Waals surface area contributed by atoms with Crippen LogP contribution in [-0.2, 0) is 9.98 Å². The molecule has 1 aromatic rings. The van der Waals surface area contributed by atoms with Crippen molar-refractivity contribution in [2.75, 3.05) is 0 Å². The molecule has 1 aromatic carbocycles. The number of rotatable bonds is 4. The fourth-order valence-corrected chi connectivity index (χ4v) is 2.30. The van der Waals surface area contributed by atoms with E-state index in [1.807, 2.05) is 32.9 Å². The Kier molecular flexibility index (Phi) is 4.83. The van der Waals surface area contributed by atoms with E-state index in [4.69, 9.17) is 14.3 Å². The molecule has 0 fully saturated rings. The van der Waals surface area contributed by atoms with Crippen LogP contribution in [0.1, 0.15) is 58.1 Å². The summed E-state index contributed by atoms with van der Waals surface area (Å²) in [6.45, 7) is 10.2. The van der Waals surface area contributed by atoms with Gasteiger partial charge in [0.05, 0.1) is 0 Å². The summed E-state index contributed by atoms with van der Waals surface area (Å²) < 4.78 is 15.8. The maximum Gasteiger partial charge on any atom is 0.524 e. The predicted octanol–water partition coefficient (Wildman–Crippen LogP) is 3.97. The number of benzene rings is 1. The molecule has 0 saturated carbocycles. The number of hydrogen-bond donors (Lipinski definition) is 2. The summed E-state index contributed by atoms with van der Waals surface area (Å²) in [5, 5.41) is 0. The lowest BCUT2D eigenvalue weighted by atomic mass is 9.83. The molecule has 0 aliphatic rings. The molecule has 0 amide bonds. The highest BCUT2D eigenvalue weighted by Gasteiger charge is 2.25. The minimum atomic E-state index is -4.53. The molecule has 0 aliphatic carbocycles. The maximum atomic E-state index is 11.0. The second kappa shape index (κ2) is 5.66. The molecule has 2 N–H and O–H groups in total. The maximum absolute atomic E-state index is 11.0. The van der Waals surface area contributed by atoms with Crippen molar-refractivity contribution in [3.8, 4) is 5.75 Å². The first-order valence-electron chi connectivity index (χ1n) is 6.44. The van der Waals surface area contributed by atoms with Gasteiger partial charge >= 0.3 is 7.82 Å². The smallest absolute Gasteiger partial charge is 0.404 e. The van der Waals surface area contributed by atoms with Crippen molar-refractivity contribution in [2.24, 2.45) is 0 Å². The van der Waals surface area contributed by atoms with Crippen LogP contribution in [0.3, 0.4) is 0 Å². The summed E-state index contributed by atoms with van der Waals surface area (Å²) >= 11 is 0. The van der Waals surface area contributed by atoms with Gasteiger partial charge in [-0.1, -0.05) is 46.8 Å². The Hall–Kier alpha value is -0.830. The summed E-state index contributed by atoms with van der Waals surface area (Å²) in [5.41, 5.74) is 1.73. The first kappa shape index (κ1) is 16.2. The van der Waals surface area contributed by atoms with Crippen LogP contribution >= 0.6 is 7.82 Å². The molecule has 1 rings (SSSR count). The van der Waals surface area contributed by atoms with Crippen molar-refractivity contribution in [1.29, 1.82) is 0 Å². The zero-order chi connectivity index (χ0) is 14.8. The van der Waals surface area contributed by atoms with Gasteiger partial charge in [-0.2, -0.15) is 0 Å². The van der Waals surface area contributed by atoms with Crippen LogP contribution in [0.2, 0.25) is 0 Å². The topological polar surface area (TPSA) is 66.8 Å². The van der Waals surface area contributed by atoms with Gasteiger partial charge in [0.15, 0.2) is 0 Å². The highest BCUT2D eigenvalue weighted by molar-refractivity contribution is 7.46. The van der Waals surface area contributed by atoms with Crippen LogP contribution in [0, 0.1) is 0 Å². The fraction of sp³-hybridized carbons (Fsp3) is 0.571. The third-order valence-electron chi connectivity index (χ3n) is 3.21. The molecule has 1 atom stereocenters. The van der Waals surface area contributed by atoms with E-state index >= 15 is 0 Å². The Balaban J connectivity index is 3.29. The van der Waals surface area contributed by atoms with Gasteiger partial charge in [-0.05, 0) is 29.4 Å². The molecule has 1 unspecified atom stereocenters. The number of phosphoric acid groups is 1. The molecular formula is C14H23O4P. The summed E-state index contributed by atoms with van der Waals surface area (Å²) in [6.07, 6.45) is 1.02. The molecule has 19 heavy (non-hydrogen) atoms. The van der Waals surface area contributed by atoms with E-state index in [2.05, 4.69) is 13.8 Å². The van der Waals surface area contributed by atoms with Crippen molar-refractivity contribution >= 4 is 7.82 Å². The van der Waals surface area contributed by atoms with Gasteiger partial charge in [0.25, 0.3) is 0 Å². The van der Waals surface area contributed by atoms with Crippen molar-refractivity contribution in [1.82, 2.24) is 0 Å². The van der Waals surface area contributed by atoms with Gasteiger partial charge in [-0.3, -0.25) is 9.79 Å². The fourth-order valence-electron chi connectivity index (χ4n) is 1.88. The Labute approximate surface area is 115 Å². The largest absolute Gasteiger partial charge is 0.524 e. The molecule has 0 aliphatic heterocycles. The van der Waals surface area contributed by atoms with Crippen LogP contribution in [0.4, 0.5) is 0 Å². The highest BCUT2D eigenvalue weighted by atomic mass is 31.2. The molecule has 0 radical (unpaired) electrons. The molecular weight excluding hydrogens is 263 g/mol. The molecule has 108 valence electrons. The summed E-state index contributed by atoms with van der Waals surface area (Å²) in [5.74, 6) is 0.665. The van der Waals surface area contributed by atoms with E-state index in [0.29, 0.717) is 5.92 Å². The highest BCUT2D eigenvalue weighted by Crippen LogP contribution is 2.43. The van der Waals surface area contributed by atoms with E-state index in [1.165, 1.54) is 0 Å². The second-order valence-electron chi connectivity index (χ2n) is 5.90. The molecule has 0 bridgehead atoms. The summed E-state index contributed by atoms with van der Waals surface area (Å²) in [4.78, 5) is 17.9. The van der Waals surface area contributed by atoms with Gasteiger partial charge in [-0.15, -0.1) is 0 Å². The van der Waals surface area contributed by atoms with Crippen LogP contribution in [0.5, 0.6) is 5.75 Å². The predicted molar refractivity (Wildman–Crippen MR) is 76.5 cm³/mol. The number of hydrogen-bond acceptors (Lipinski definition) is 2. The molecule has 5 heteroatoms. The van der Waals surface area contributed by atoms with Crippen molar-refractivity contribution in [3.63, 3.8) is 0 Å². The SMILES string of the molecule is CCC(C)c1ccc(OP(=O)(O)O)c(C(C)(C)C)c1. The zero-order valence-corrected chi connectivity index (χ0v) is 13.1. The zero-order valence-electron chi connectivity index (χ0n) is 12.2.